The summed E-state index contributed by atoms with van der Waals surface area (Å²) in [4.78, 5) is 2.34. The van der Waals surface area contributed by atoms with Gasteiger partial charge in [0.25, 0.3) is 0 Å². The second kappa shape index (κ2) is 6.18. The molecule has 4 nitrogen and oxygen atoms in total. The lowest BCUT2D eigenvalue weighted by Crippen LogP contribution is -2.44. The molecule has 1 fully saturated rings. The molecule has 1 aromatic carbocycles. The van der Waals surface area contributed by atoms with E-state index in [2.05, 4.69) is 23.9 Å². The summed E-state index contributed by atoms with van der Waals surface area (Å²) in [5, 5.41) is 4.86. The summed E-state index contributed by atoms with van der Waals surface area (Å²) in [5.74, 6) is 0.876. The van der Waals surface area contributed by atoms with Gasteiger partial charge in [0.2, 0.25) is 0 Å². The number of hydrogen-bond donors (Lipinski definition) is 0. The molecule has 1 aromatic heterocycles. The molecule has 112 valence electrons. The van der Waals surface area contributed by atoms with Gasteiger partial charge in [-0.1, -0.05) is 28.9 Å². The summed E-state index contributed by atoms with van der Waals surface area (Å²) in [6.07, 6.45) is 0.514. The molecule has 0 bridgehead atoms. The highest BCUT2D eigenvalue weighted by Crippen LogP contribution is 2.22. The van der Waals surface area contributed by atoms with Gasteiger partial charge in [0, 0.05) is 29.7 Å². The van der Waals surface area contributed by atoms with Crippen molar-refractivity contribution in [3.8, 4) is 11.3 Å². The third-order valence-electron chi connectivity index (χ3n) is 3.57. The van der Waals surface area contributed by atoms with Crippen LogP contribution in [0.5, 0.6) is 0 Å². The topological polar surface area (TPSA) is 38.5 Å². The Morgan fingerprint density at radius 1 is 1.19 bits per heavy atom. The second-order valence-corrected chi connectivity index (χ2v) is 6.07. The molecule has 2 heterocycles. The maximum atomic E-state index is 5.90. The quantitative estimate of drug-likeness (QED) is 0.868. The number of halogens is 1. The largest absolute Gasteiger partial charge is 0.373 e. The Morgan fingerprint density at radius 3 is 2.52 bits per heavy atom. The molecule has 0 radical (unpaired) electrons. The first kappa shape index (κ1) is 14.6. The third kappa shape index (κ3) is 3.64. The Bertz CT molecular complexity index is 587. The molecule has 0 spiro atoms. The number of ether oxygens (including phenoxy) is 1. The maximum absolute atomic E-state index is 5.90. The van der Waals surface area contributed by atoms with E-state index < -0.39 is 0 Å². The lowest BCUT2D eigenvalue weighted by Gasteiger charge is -2.34. The molecule has 0 aliphatic carbocycles. The van der Waals surface area contributed by atoms with Crippen LogP contribution < -0.4 is 0 Å². The highest BCUT2D eigenvalue weighted by atomic mass is 35.5. The molecule has 1 aliphatic rings. The lowest BCUT2D eigenvalue weighted by atomic mass is 10.1. The molecule has 0 saturated carbocycles. The average Bonchev–Trinajstić information content (AvgIpc) is 2.87. The number of hydrogen-bond acceptors (Lipinski definition) is 4. The fourth-order valence-electron chi connectivity index (χ4n) is 2.78. The van der Waals surface area contributed by atoms with Gasteiger partial charge in [0.1, 0.15) is 5.69 Å². The highest BCUT2D eigenvalue weighted by Gasteiger charge is 2.23. The van der Waals surface area contributed by atoms with Gasteiger partial charge in [0.05, 0.1) is 18.8 Å². The zero-order valence-corrected chi connectivity index (χ0v) is 13.0. The van der Waals surface area contributed by atoms with Crippen LogP contribution in [0.4, 0.5) is 0 Å². The summed E-state index contributed by atoms with van der Waals surface area (Å²) in [7, 11) is 0. The van der Waals surface area contributed by atoms with Crippen LogP contribution in [-0.2, 0) is 11.3 Å². The molecule has 1 aliphatic heterocycles. The molecule has 0 N–H and O–H groups in total. The first-order valence-electron chi connectivity index (χ1n) is 7.19. The van der Waals surface area contributed by atoms with Crippen LogP contribution in [0.3, 0.4) is 0 Å². The standard InChI is InChI=1S/C16H19ClN2O2/c1-11-8-19(9-12(2)20-11)10-15-7-16(18-21-15)13-3-5-14(17)6-4-13/h3-7,11-12H,8-10H2,1-2H3/t11-,12-/m1/s1. The fourth-order valence-corrected chi connectivity index (χ4v) is 2.90. The Kier molecular flexibility index (Phi) is 4.29. The van der Waals surface area contributed by atoms with Crippen molar-refractivity contribution in [3.05, 3.63) is 41.1 Å². The van der Waals surface area contributed by atoms with Crippen molar-refractivity contribution < 1.29 is 9.26 Å². The number of morpholine rings is 1. The summed E-state index contributed by atoms with van der Waals surface area (Å²) < 4.78 is 11.2. The van der Waals surface area contributed by atoms with Crippen LogP contribution in [0, 0.1) is 0 Å². The molecule has 0 amide bonds. The van der Waals surface area contributed by atoms with Crippen molar-refractivity contribution in [1.82, 2.24) is 10.1 Å². The van der Waals surface area contributed by atoms with E-state index >= 15 is 0 Å². The maximum Gasteiger partial charge on any atom is 0.151 e. The predicted octanol–water partition coefficient (Wildman–Crippen LogP) is 3.60. The molecule has 5 heteroatoms. The van der Waals surface area contributed by atoms with E-state index in [1.165, 1.54) is 0 Å². The van der Waals surface area contributed by atoms with Crippen LogP contribution in [0.2, 0.25) is 5.02 Å². The lowest BCUT2D eigenvalue weighted by molar-refractivity contribution is -0.0721. The van der Waals surface area contributed by atoms with Crippen molar-refractivity contribution in [2.75, 3.05) is 13.1 Å². The SMILES string of the molecule is C[C@@H]1CN(Cc2cc(-c3ccc(Cl)cc3)no2)C[C@@H](C)O1. The van der Waals surface area contributed by atoms with E-state index in [9.17, 15) is 0 Å². The Hall–Kier alpha value is -1.36. The number of aromatic nitrogens is 1. The summed E-state index contributed by atoms with van der Waals surface area (Å²) >= 11 is 5.90. The monoisotopic (exact) mass is 306 g/mol. The van der Waals surface area contributed by atoms with E-state index in [-0.39, 0.29) is 12.2 Å². The first-order chi connectivity index (χ1) is 10.1. The van der Waals surface area contributed by atoms with Crippen molar-refractivity contribution in [2.45, 2.75) is 32.6 Å². The van der Waals surface area contributed by atoms with Crippen LogP contribution in [0.25, 0.3) is 11.3 Å². The zero-order valence-electron chi connectivity index (χ0n) is 12.3. The summed E-state index contributed by atoms with van der Waals surface area (Å²) in [5.41, 5.74) is 1.86. The van der Waals surface area contributed by atoms with Crippen LogP contribution in [-0.4, -0.2) is 35.4 Å². The fraction of sp³-hybridized carbons (Fsp3) is 0.438. The Morgan fingerprint density at radius 2 is 1.86 bits per heavy atom. The Labute approximate surface area is 129 Å². The zero-order chi connectivity index (χ0) is 14.8. The van der Waals surface area contributed by atoms with Crippen LogP contribution >= 0.6 is 11.6 Å². The van der Waals surface area contributed by atoms with E-state index in [0.717, 1.165) is 41.7 Å². The number of nitrogens with zero attached hydrogens (tertiary/aromatic N) is 2. The van der Waals surface area contributed by atoms with Crippen molar-refractivity contribution >= 4 is 11.6 Å². The normalized spacial score (nSPS) is 23.4. The minimum atomic E-state index is 0.257. The van der Waals surface area contributed by atoms with Gasteiger partial charge in [-0.25, -0.2) is 0 Å². The number of benzene rings is 1. The van der Waals surface area contributed by atoms with Gasteiger partial charge in [0.15, 0.2) is 5.76 Å². The third-order valence-corrected chi connectivity index (χ3v) is 3.83. The van der Waals surface area contributed by atoms with E-state index in [0.29, 0.717) is 0 Å². The smallest absolute Gasteiger partial charge is 0.151 e. The molecule has 2 aromatic rings. The van der Waals surface area contributed by atoms with Gasteiger partial charge >= 0.3 is 0 Å². The predicted molar refractivity (Wildman–Crippen MR) is 82.2 cm³/mol. The summed E-state index contributed by atoms with van der Waals surface area (Å²) in [6.45, 7) is 6.80. The minimum Gasteiger partial charge on any atom is -0.373 e. The molecular weight excluding hydrogens is 288 g/mol. The minimum absolute atomic E-state index is 0.257. The Balaban J connectivity index is 1.69. The van der Waals surface area contributed by atoms with E-state index in [1.54, 1.807) is 0 Å². The molecular formula is C16H19ClN2O2. The van der Waals surface area contributed by atoms with E-state index in [1.807, 2.05) is 30.3 Å². The van der Waals surface area contributed by atoms with E-state index in [4.69, 9.17) is 20.9 Å². The van der Waals surface area contributed by atoms with Crippen LogP contribution in [0.1, 0.15) is 19.6 Å². The van der Waals surface area contributed by atoms with Gasteiger partial charge < -0.3 is 9.26 Å². The molecule has 3 rings (SSSR count). The molecule has 1 saturated heterocycles. The molecule has 21 heavy (non-hydrogen) atoms. The van der Waals surface area contributed by atoms with Crippen LogP contribution in [0.15, 0.2) is 34.9 Å². The average molecular weight is 307 g/mol. The van der Waals surface area contributed by atoms with Gasteiger partial charge in [-0.2, -0.15) is 0 Å². The van der Waals surface area contributed by atoms with Gasteiger partial charge in [-0.15, -0.1) is 0 Å². The van der Waals surface area contributed by atoms with Crippen molar-refractivity contribution in [3.63, 3.8) is 0 Å². The second-order valence-electron chi connectivity index (χ2n) is 5.64. The highest BCUT2D eigenvalue weighted by molar-refractivity contribution is 6.30. The molecule has 0 unspecified atom stereocenters. The van der Waals surface area contributed by atoms with Gasteiger partial charge in [-0.05, 0) is 26.0 Å². The number of rotatable bonds is 3. The van der Waals surface area contributed by atoms with Crippen molar-refractivity contribution in [1.29, 1.82) is 0 Å². The van der Waals surface area contributed by atoms with Gasteiger partial charge in [-0.3, -0.25) is 4.90 Å². The first-order valence-corrected chi connectivity index (χ1v) is 7.57. The summed E-state index contributed by atoms with van der Waals surface area (Å²) in [6, 6.07) is 9.60. The molecule has 2 atom stereocenters. The van der Waals surface area contributed by atoms with Crippen molar-refractivity contribution in [2.24, 2.45) is 0 Å².